The number of carboxylic acid groups (broad SMARTS) is 1. The number of carbonyl (C=O) groups is 1. The third-order valence-electron chi connectivity index (χ3n) is 3.68. The van der Waals surface area contributed by atoms with E-state index in [0.29, 0.717) is 5.75 Å². The summed E-state index contributed by atoms with van der Waals surface area (Å²) < 4.78 is 37.0. The van der Waals surface area contributed by atoms with Crippen LogP contribution in [0.2, 0.25) is 0 Å². The fourth-order valence-electron chi connectivity index (χ4n) is 2.44. The number of nitrogens with zero attached hydrogens (tertiary/aromatic N) is 1. The smallest absolute Gasteiger partial charge is 0.490 e. The molecule has 0 saturated carbocycles. The van der Waals surface area contributed by atoms with Crippen LogP contribution >= 0.6 is 0 Å². The molecular formula is C19H16F3NO4. The lowest BCUT2D eigenvalue weighted by Gasteiger charge is -2.11. The zero-order valence-corrected chi connectivity index (χ0v) is 14.2. The van der Waals surface area contributed by atoms with Gasteiger partial charge >= 0.3 is 12.1 Å². The van der Waals surface area contributed by atoms with Crippen molar-refractivity contribution in [2.45, 2.75) is 12.8 Å². The second-order valence-electron chi connectivity index (χ2n) is 5.39. The van der Waals surface area contributed by atoms with Crippen molar-refractivity contribution in [3.63, 3.8) is 0 Å². The molecule has 0 radical (unpaired) electrons. The summed E-state index contributed by atoms with van der Waals surface area (Å²) in [5.41, 5.74) is 2.98. The van der Waals surface area contributed by atoms with E-state index in [1.807, 2.05) is 42.6 Å². The summed E-state index contributed by atoms with van der Waals surface area (Å²) in [6.07, 6.45) is -1.43. The lowest BCUT2D eigenvalue weighted by Crippen LogP contribution is -2.21. The average molecular weight is 379 g/mol. The van der Waals surface area contributed by atoms with Gasteiger partial charge in [-0.15, -0.1) is 0 Å². The van der Waals surface area contributed by atoms with Gasteiger partial charge in [-0.3, -0.25) is 4.98 Å². The number of rotatable bonds is 3. The topological polar surface area (TPSA) is 79.7 Å². The molecular weight excluding hydrogens is 363 g/mol. The van der Waals surface area contributed by atoms with Crippen molar-refractivity contribution in [2.75, 3.05) is 7.11 Å². The first-order chi connectivity index (χ1) is 12.8. The highest BCUT2D eigenvalue weighted by molar-refractivity contribution is 5.96. The molecule has 8 heteroatoms. The number of ether oxygens (including phenoxy) is 1. The van der Waals surface area contributed by atoms with Gasteiger partial charge in [-0.2, -0.15) is 13.2 Å². The summed E-state index contributed by atoms with van der Waals surface area (Å²) in [5.74, 6) is -2.05. The highest BCUT2D eigenvalue weighted by Gasteiger charge is 2.38. The first kappa shape index (κ1) is 20.2. The van der Waals surface area contributed by atoms with Gasteiger partial charge in [0.1, 0.15) is 5.75 Å². The van der Waals surface area contributed by atoms with Crippen LogP contribution in [-0.4, -0.2) is 34.5 Å². The van der Waals surface area contributed by atoms with Gasteiger partial charge in [-0.05, 0) is 34.7 Å². The summed E-state index contributed by atoms with van der Waals surface area (Å²) in [5, 5.41) is 18.8. The van der Waals surface area contributed by atoms with Gasteiger partial charge in [0.15, 0.2) is 0 Å². The maximum absolute atomic E-state index is 10.6. The van der Waals surface area contributed by atoms with Gasteiger partial charge in [0.2, 0.25) is 0 Å². The number of methoxy groups -OCH3 is 1. The quantitative estimate of drug-likeness (QED) is 0.718. The molecule has 2 N–H and O–H groups in total. The van der Waals surface area contributed by atoms with E-state index in [2.05, 4.69) is 11.1 Å². The number of aliphatic hydroxyl groups excluding tert-OH is 1. The third-order valence-corrected chi connectivity index (χ3v) is 3.68. The van der Waals surface area contributed by atoms with Crippen LogP contribution < -0.4 is 4.74 Å². The second-order valence-corrected chi connectivity index (χ2v) is 5.39. The molecule has 27 heavy (non-hydrogen) atoms. The maximum Gasteiger partial charge on any atom is 0.490 e. The van der Waals surface area contributed by atoms with Gasteiger partial charge in [0.25, 0.3) is 0 Å². The first-order valence-electron chi connectivity index (χ1n) is 7.69. The highest BCUT2D eigenvalue weighted by Crippen LogP contribution is 2.31. The Morgan fingerprint density at radius 1 is 1.19 bits per heavy atom. The summed E-state index contributed by atoms with van der Waals surface area (Å²) in [4.78, 5) is 13.0. The zero-order chi connectivity index (χ0) is 20.0. The van der Waals surface area contributed by atoms with E-state index < -0.39 is 12.1 Å². The molecule has 0 saturated heterocycles. The van der Waals surface area contributed by atoms with E-state index in [1.165, 1.54) is 0 Å². The van der Waals surface area contributed by atoms with Crippen LogP contribution in [-0.2, 0) is 11.4 Å². The number of carboxylic acids is 1. The van der Waals surface area contributed by atoms with Crippen molar-refractivity contribution in [2.24, 2.45) is 0 Å². The Morgan fingerprint density at radius 3 is 2.48 bits per heavy atom. The molecule has 0 fully saturated rings. The fourth-order valence-corrected chi connectivity index (χ4v) is 2.44. The maximum atomic E-state index is 10.6. The molecule has 5 nitrogen and oxygen atoms in total. The predicted octanol–water partition coefficient (Wildman–Crippen LogP) is 4.04. The molecule has 3 rings (SSSR count). The molecule has 0 unspecified atom stereocenters. The van der Waals surface area contributed by atoms with E-state index in [0.717, 1.165) is 27.5 Å². The highest BCUT2D eigenvalue weighted by atomic mass is 19.4. The van der Waals surface area contributed by atoms with Crippen molar-refractivity contribution in [3.8, 4) is 16.9 Å². The lowest BCUT2D eigenvalue weighted by atomic mass is 9.98. The van der Waals surface area contributed by atoms with Crippen LogP contribution in [0, 0.1) is 0 Å². The van der Waals surface area contributed by atoms with Gasteiger partial charge < -0.3 is 14.9 Å². The average Bonchev–Trinajstić information content (AvgIpc) is 2.66. The van der Waals surface area contributed by atoms with E-state index >= 15 is 0 Å². The number of fused-ring (bicyclic) bond motifs is 1. The van der Waals surface area contributed by atoms with Gasteiger partial charge in [-0.1, -0.05) is 24.3 Å². The third kappa shape index (κ3) is 4.95. The molecule has 0 aliphatic heterocycles. The summed E-state index contributed by atoms with van der Waals surface area (Å²) >= 11 is 0. The SMILES string of the molecule is COc1ccc(-c2cccc3cnccc23)cc1CO.O=C(O)C(F)(F)F. The Kier molecular flexibility index (Phi) is 6.36. The summed E-state index contributed by atoms with van der Waals surface area (Å²) in [6, 6.07) is 14.0. The normalized spacial score (nSPS) is 10.9. The monoisotopic (exact) mass is 379 g/mol. The second kappa shape index (κ2) is 8.50. The van der Waals surface area contributed by atoms with Crippen LogP contribution in [0.3, 0.4) is 0 Å². The number of aliphatic carboxylic acids is 1. The van der Waals surface area contributed by atoms with Gasteiger partial charge in [0, 0.05) is 23.3 Å². The van der Waals surface area contributed by atoms with E-state index in [4.69, 9.17) is 14.6 Å². The fraction of sp³-hybridized carbons (Fsp3) is 0.158. The number of aliphatic hydroxyl groups is 1. The van der Waals surface area contributed by atoms with Gasteiger partial charge in [0.05, 0.1) is 13.7 Å². The number of hydrogen-bond donors (Lipinski definition) is 2. The molecule has 0 atom stereocenters. The van der Waals surface area contributed by atoms with Gasteiger partial charge in [-0.25, -0.2) is 4.79 Å². The zero-order valence-electron chi connectivity index (χ0n) is 14.2. The molecule has 0 spiro atoms. The van der Waals surface area contributed by atoms with Crippen LogP contribution in [0.25, 0.3) is 21.9 Å². The Morgan fingerprint density at radius 2 is 1.89 bits per heavy atom. The van der Waals surface area contributed by atoms with Crippen molar-refractivity contribution < 1.29 is 32.9 Å². The molecule has 0 aliphatic rings. The summed E-state index contributed by atoms with van der Waals surface area (Å²) in [7, 11) is 1.61. The Balaban J connectivity index is 0.000000321. The largest absolute Gasteiger partial charge is 0.496 e. The first-order valence-corrected chi connectivity index (χ1v) is 7.69. The minimum atomic E-state index is -5.08. The minimum absolute atomic E-state index is 0.0384. The van der Waals surface area contributed by atoms with Crippen LogP contribution in [0.4, 0.5) is 13.2 Å². The number of alkyl halides is 3. The molecule has 142 valence electrons. The number of halogens is 3. The molecule has 1 aromatic heterocycles. The van der Waals surface area contributed by atoms with Crippen molar-refractivity contribution in [3.05, 3.63) is 60.4 Å². The minimum Gasteiger partial charge on any atom is -0.496 e. The van der Waals surface area contributed by atoms with Crippen LogP contribution in [0.1, 0.15) is 5.56 Å². The lowest BCUT2D eigenvalue weighted by molar-refractivity contribution is -0.192. The molecule has 1 heterocycles. The number of aromatic nitrogens is 1. The van der Waals surface area contributed by atoms with E-state index in [-0.39, 0.29) is 6.61 Å². The van der Waals surface area contributed by atoms with E-state index in [9.17, 15) is 18.3 Å². The number of pyridine rings is 1. The summed E-state index contributed by atoms with van der Waals surface area (Å²) in [6.45, 7) is -0.0384. The van der Waals surface area contributed by atoms with Crippen LogP contribution in [0.15, 0.2) is 54.9 Å². The predicted molar refractivity (Wildman–Crippen MR) is 93.3 cm³/mol. The Labute approximate surface area is 152 Å². The Bertz CT molecular complexity index is 936. The number of benzene rings is 2. The molecule has 2 aromatic carbocycles. The Hall–Kier alpha value is -3.13. The van der Waals surface area contributed by atoms with Crippen molar-refractivity contribution >= 4 is 16.7 Å². The van der Waals surface area contributed by atoms with Crippen molar-refractivity contribution in [1.29, 1.82) is 0 Å². The molecule has 0 amide bonds. The van der Waals surface area contributed by atoms with Crippen molar-refractivity contribution in [1.82, 2.24) is 4.98 Å². The standard InChI is InChI=1S/C17H15NO2.C2HF3O2/c1-20-17-6-5-12(9-14(17)11-19)15-4-2-3-13-10-18-8-7-16(13)15;3-2(4,5)1(6)7/h2-10,19H,11H2,1H3;(H,6,7). The molecule has 3 aromatic rings. The molecule has 0 bridgehead atoms. The van der Waals surface area contributed by atoms with Crippen LogP contribution in [0.5, 0.6) is 5.75 Å². The molecule has 0 aliphatic carbocycles. The number of hydrogen-bond acceptors (Lipinski definition) is 4. The van der Waals surface area contributed by atoms with E-state index in [1.54, 1.807) is 13.3 Å².